The molecule has 0 aliphatic rings. The van der Waals surface area contributed by atoms with Crippen LogP contribution in [0.5, 0.6) is 5.75 Å². The number of nitrogens with one attached hydrogen (secondary N) is 1. The minimum atomic E-state index is -1.01. The first-order valence-electron chi connectivity index (χ1n) is 7.78. The van der Waals surface area contributed by atoms with Gasteiger partial charge in [-0.1, -0.05) is 30.3 Å². The van der Waals surface area contributed by atoms with E-state index >= 15 is 0 Å². The number of hydrogen-bond donors (Lipinski definition) is 2. The van der Waals surface area contributed by atoms with Crippen molar-refractivity contribution in [2.45, 2.75) is 19.6 Å². The summed E-state index contributed by atoms with van der Waals surface area (Å²) >= 11 is 0. The molecule has 1 aromatic heterocycles. The zero-order chi connectivity index (χ0) is 17.8. The molecule has 3 aromatic rings. The first-order chi connectivity index (χ1) is 12.1. The fourth-order valence-electron chi connectivity index (χ4n) is 2.43. The van der Waals surface area contributed by atoms with Crippen LogP contribution in [0.2, 0.25) is 0 Å². The lowest BCUT2D eigenvalue weighted by atomic mass is 10.1. The van der Waals surface area contributed by atoms with Crippen LogP contribution in [0.1, 0.15) is 23.0 Å². The molecule has 1 atom stereocenters. The van der Waals surface area contributed by atoms with Crippen LogP contribution in [0.25, 0.3) is 10.8 Å². The van der Waals surface area contributed by atoms with Gasteiger partial charge in [-0.25, -0.2) is 4.79 Å². The number of ether oxygens (including phenoxy) is 1. The van der Waals surface area contributed by atoms with Gasteiger partial charge in [0.05, 0.1) is 12.8 Å². The summed E-state index contributed by atoms with van der Waals surface area (Å²) < 4.78 is 10.3. The van der Waals surface area contributed by atoms with Crippen LogP contribution in [-0.2, 0) is 16.1 Å². The van der Waals surface area contributed by atoms with E-state index < -0.39 is 18.0 Å². The Morgan fingerprint density at radius 2 is 1.96 bits per heavy atom. The van der Waals surface area contributed by atoms with Crippen LogP contribution in [0, 0.1) is 0 Å². The lowest BCUT2D eigenvalue weighted by Gasteiger charge is -2.14. The SMILES string of the molecule is C[C@H](OC(=O)c1ccc2ccccc2c1O)C(=O)NCc1ccco1. The van der Waals surface area contributed by atoms with Gasteiger partial charge in [-0.3, -0.25) is 4.79 Å². The quantitative estimate of drug-likeness (QED) is 0.698. The van der Waals surface area contributed by atoms with Crippen LogP contribution in [0.4, 0.5) is 0 Å². The van der Waals surface area contributed by atoms with Crippen molar-refractivity contribution in [2.75, 3.05) is 0 Å². The molecule has 1 amide bonds. The van der Waals surface area contributed by atoms with Crippen molar-refractivity contribution < 1.29 is 23.8 Å². The number of amides is 1. The number of furan rings is 1. The normalized spacial score (nSPS) is 11.9. The van der Waals surface area contributed by atoms with Crippen LogP contribution in [0.3, 0.4) is 0 Å². The van der Waals surface area contributed by atoms with Gasteiger partial charge in [0.1, 0.15) is 17.1 Å². The molecular weight excluding hydrogens is 322 g/mol. The zero-order valence-corrected chi connectivity index (χ0v) is 13.6. The lowest BCUT2D eigenvalue weighted by molar-refractivity contribution is -0.129. The summed E-state index contributed by atoms with van der Waals surface area (Å²) in [4.78, 5) is 24.3. The predicted octanol–water partition coefficient (Wildman–Crippen LogP) is 3.00. The van der Waals surface area contributed by atoms with Gasteiger partial charge in [0.15, 0.2) is 6.10 Å². The van der Waals surface area contributed by atoms with Gasteiger partial charge in [0, 0.05) is 5.39 Å². The van der Waals surface area contributed by atoms with Crippen molar-refractivity contribution in [2.24, 2.45) is 0 Å². The Hall–Kier alpha value is -3.28. The minimum absolute atomic E-state index is 0.0179. The van der Waals surface area contributed by atoms with Crippen molar-refractivity contribution in [3.63, 3.8) is 0 Å². The summed E-state index contributed by atoms with van der Waals surface area (Å²) in [6, 6.07) is 13.8. The monoisotopic (exact) mass is 339 g/mol. The number of carbonyl (C=O) groups excluding carboxylic acids is 2. The second-order valence-corrected chi connectivity index (χ2v) is 5.53. The summed E-state index contributed by atoms with van der Waals surface area (Å²) in [6.45, 7) is 1.67. The summed E-state index contributed by atoms with van der Waals surface area (Å²) in [5.74, 6) is -0.778. The number of benzene rings is 2. The van der Waals surface area contributed by atoms with E-state index in [1.165, 1.54) is 19.3 Å². The largest absolute Gasteiger partial charge is 0.506 e. The maximum absolute atomic E-state index is 12.3. The molecule has 0 aliphatic heterocycles. The molecule has 0 bridgehead atoms. The number of phenols is 1. The average Bonchev–Trinajstić information content (AvgIpc) is 3.13. The average molecular weight is 339 g/mol. The van der Waals surface area contributed by atoms with Crippen molar-refractivity contribution in [3.8, 4) is 5.75 Å². The Morgan fingerprint density at radius 3 is 2.72 bits per heavy atom. The van der Waals surface area contributed by atoms with Gasteiger partial charge in [-0.15, -0.1) is 0 Å². The molecule has 0 radical (unpaired) electrons. The number of hydrogen-bond acceptors (Lipinski definition) is 5. The summed E-state index contributed by atoms with van der Waals surface area (Å²) in [7, 11) is 0. The molecule has 25 heavy (non-hydrogen) atoms. The number of rotatable bonds is 5. The Labute approximate surface area is 144 Å². The first-order valence-corrected chi connectivity index (χ1v) is 7.78. The molecule has 0 spiro atoms. The van der Waals surface area contributed by atoms with Crippen LogP contribution >= 0.6 is 0 Å². The molecule has 0 fully saturated rings. The number of esters is 1. The Morgan fingerprint density at radius 1 is 1.16 bits per heavy atom. The third-order valence-corrected chi connectivity index (χ3v) is 3.79. The molecule has 6 nitrogen and oxygen atoms in total. The van der Waals surface area contributed by atoms with Crippen molar-refractivity contribution in [1.82, 2.24) is 5.32 Å². The fourth-order valence-corrected chi connectivity index (χ4v) is 2.43. The van der Waals surface area contributed by atoms with Gasteiger partial charge < -0.3 is 19.6 Å². The van der Waals surface area contributed by atoms with Gasteiger partial charge in [0.2, 0.25) is 0 Å². The highest BCUT2D eigenvalue weighted by molar-refractivity contribution is 6.01. The second-order valence-electron chi connectivity index (χ2n) is 5.53. The summed E-state index contributed by atoms with van der Waals surface area (Å²) in [5, 5.41) is 14.3. The number of aromatic hydroxyl groups is 1. The third-order valence-electron chi connectivity index (χ3n) is 3.79. The Balaban J connectivity index is 1.67. The second kappa shape index (κ2) is 7.09. The molecule has 2 aromatic carbocycles. The maximum atomic E-state index is 12.3. The minimum Gasteiger partial charge on any atom is -0.506 e. The molecule has 3 rings (SSSR count). The Kier molecular flexibility index (Phi) is 4.70. The highest BCUT2D eigenvalue weighted by Gasteiger charge is 2.21. The highest BCUT2D eigenvalue weighted by Crippen LogP contribution is 2.29. The van der Waals surface area contributed by atoms with E-state index in [0.29, 0.717) is 11.1 Å². The van der Waals surface area contributed by atoms with Crippen LogP contribution in [-0.4, -0.2) is 23.1 Å². The zero-order valence-electron chi connectivity index (χ0n) is 13.6. The Bertz CT molecular complexity index is 901. The van der Waals surface area contributed by atoms with Crippen LogP contribution in [0.15, 0.2) is 59.2 Å². The topological polar surface area (TPSA) is 88.8 Å². The first kappa shape index (κ1) is 16.6. The number of fused-ring (bicyclic) bond motifs is 1. The van der Waals surface area contributed by atoms with Crippen molar-refractivity contribution >= 4 is 22.6 Å². The molecule has 128 valence electrons. The third kappa shape index (κ3) is 3.63. The van der Waals surface area contributed by atoms with Gasteiger partial charge in [0.25, 0.3) is 5.91 Å². The number of phenolic OH excluding ortho intramolecular Hbond substituents is 1. The molecule has 1 heterocycles. The van der Waals surface area contributed by atoms with E-state index in [-0.39, 0.29) is 17.9 Å². The van der Waals surface area contributed by atoms with E-state index in [9.17, 15) is 14.7 Å². The predicted molar refractivity (Wildman–Crippen MR) is 91.0 cm³/mol. The van der Waals surface area contributed by atoms with E-state index in [4.69, 9.17) is 9.15 Å². The molecular formula is C19H17NO5. The smallest absolute Gasteiger partial charge is 0.342 e. The van der Waals surface area contributed by atoms with Crippen molar-refractivity contribution in [1.29, 1.82) is 0 Å². The van der Waals surface area contributed by atoms with E-state index in [0.717, 1.165) is 5.39 Å². The maximum Gasteiger partial charge on any atom is 0.342 e. The standard InChI is InChI=1S/C19H17NO5/c1-12(18(22)20-11-14-6-4-10-24-14)25-19(23)16-9-8-13-5-2-3-7-15(13)17(16)21/h2-10,12,21H,11H2,1H3,(H,20,22)/t12-/m0/s1. The molecule has 0 saturated carbocycles. The van der Waals surface area contributed by atoms with Gasteiger partial charge in [-0.2, -0.15) is 0 Å². The van der Waals surface area contributed by atoms with Crippen LogP contribution < -0.4 is 5.32 Å². The number of carbonyl (C=O) groups is 2. The molecule has 0 saturated heterocycles. The van der Waals surface area contributed by atoms with Gasteiger partial charge in [-0.05, 0) is 30.5 Å². The molecule has 0 aliphatic carbocycles. The molecule has 0 unspecified atom stereocenters. The highest BCUT2D eigenvalue weighted by atomic mass is 16.5. The van der Waals surface area contributed by atoms with E-state index in [1.807, 2.05) is 12.1 Å². The summed E-state index contributed by atoms with van der Waals surface area (Å²) in [5.41, 5.74) is 0.0179. The summed E-state index contributed by atoms with van der Waals surface area (Å²) in [6.07, 6.45) is 0.501. The lowest BCUT2D eigenvalue weighted by Crippen LogP contribution is -2.35. The van der Waals surface area contributed by atoms with E-state index in [1.54, 1.807) is 30.3 Å². The fraction of sp³-hybridized carbons (Fsp3) is 0.158. The van der Waals surface area contributed by atoms with Gasteiger partial charge >= 0.3 is 5.97 Å². The molecule has 6 heteroatoms. The van der Waals surface area contributed by atoms with E-state index in [2.05, 4.69) is 5.32 Å². The molecule has 2 N–H and O–H groups in total. The van der Waals surface area contributed by atoms with Crippen molar-refractivity contribution in [3.05, 3.63) is 66.1 Å².